The largest absolute Gasteiger partial charge is 0.493 e. The van der Waals surface area contributed by atoms with Crippen molar-refractivity contribution in [3.63, 3.8) is 0 Å². The second-order valence-corrected chi connectivity index (χ2v) is 6.50. The number of fused-ring (bicyclic) bond motifs is 1. The number of aromatic nitrogens is 2. The molecule has 0 fully saturated rings. The van der Waals surface area contributed by atoms with Crippen LogP contribution in [0.15, 0.2) is 18.2 Å². The Morgan fingerprint density at radius 3 is 2.73 bits per heavy atom. The van der Waals surface area contributed by atoms with Gasteiger partial charge in [0.15, 0.2) is 17.2 Å². The molecule has 2 heterocycles. The molecule has 0 aliphatic carbocycles. The summed E-state index contributed by atoms with van der Waals surface area (Å²) in [5, 5.41) is 7.38. The lowest BCUT2D eigenvalue weighted by atomic mass is 9.99. The summed E-state index contributed by atoms with van der Waals surface area (Å²) in [6.45, 7) is 4.38. The van der Waals surface area contributed by atoms with E-state index >= 15 is 0 Å². The molecule has 0 saturated heterocycles. The zero-order chi connectivity index (χ0) is 18.8. The number of benzene rings is 1. The molecule has 0 saturated carbocycles. The Balaban J connectivity index is 1.77. The molecule has 7 nitrogen and oxygen atoms in total. The maximum Gasteiger partial charge on any atom is 0.272 e. The van der Waals surface area contributed by atoms with Crippen LogP contribution in [-0.4, -0.2) is 36.0 Å². The SMILES string of the molecule is COc1ccc(CNC(=O)c2nn(C)c3c2C[C@H](C)O[C@@H]3C)cc1OC. The summed E-state index contributed by atoms with van der Waals surface area (Å²) in [7, 11) is 5.03. The molecule has 0 spiro atoms. The van der Waals surface area contributed by atoms with Gasteiger partial charge in [-0.2, -0.15) is 5.10 Å². The molecule has 2 aromatic rings. The van der Waals surface area contributed by atoms with Crippen molar-refractivity contribution in [3.05, 3.63) is 40.7 Å². The Morgan fingerprint density at radius 2 is 2.04 bits per heavy atom. The smallest absolute Gasteiger partial charge is 0.272 e. The van der Waals surface area contributed by atoms with E-state index in [1.165, 1.54) is 0 Å². The van der Waals surface area contributed by atoms with Gasteiger partial charge in [0.25, 0.3) is 5.91 Å². The number of nitrogens with zero attached hydrogens (tertiary/aromatic N) is 2. The predicted octanol–water partition coefficient (Wildman–Crippen LogP) is 2.39. The highest BCUT2D eigenvalue weighted by atomic mass is 16.5. The van der Waals surface area contributed by atoms with Crippen LogP contribution in [0.3, 0.4) is 0 Å². The van der Waals surface area contributed by atoms with Crippen molar-refractivity contribution in [2.75, 3.05) is 14.2 Å². The van der Waals surface area contributed by atoms with Crippen LogP contribution in [0.25, 0.3) is 0 Å². The van der Waals surface area contributed by atoms with Gasteiger partial charge >= 0.3 is 0 Å². The minimum absolute atomic E-state index is 0.0686. The summed E-state index contributed by atoms with van der Waals surface area (Å²) in [4.78, 5) is 12.7. The highest BCUT2D eigenvalue weighted by Gasteiger charge is 2.31. The number of ether oxygens (including phenoxy) is 3. The van der Waals surface area contributed by atoms with Gasteiger partial charge in [-0.1, -0.05) is 6.07 Å². The fourth-order valence-electron chi connectivity index (χ4n) is 3.48. The number of aryl methyl sites for hydroxylation is 1. The third kappa shape index (κ3) is 3.39. The first-order valence-electron chi connectivity index (χ1n) is 8.65. The van der Waals surface area contributed by atoms with Crippen molar-refractivity contribution < 1.29 is 19.0 Å². The number of hydrogen-bond donors (Lipinski definition) is 1. The molecule has 0 bridgehead atoms. The molecule has 140 valence electrons. The second-order valence-electron chi connectivity index (χ2n) is 6.50. The summed E-state index contributed by atoms with van der Waals surface area (Å²) >= 11 is 0. The van der Waals surface area contributed by atoms with Crippen LogP contribution in [-0.2, 0) is 24.8 Å². The molecule has 1 aromatic heterocycles. The van der Waals surface area contributed by atoms with Crippen molar-refractivity contribution in [1.29, 1.82) is 0 Å². The molecule has 3 rings (SSSR count). The predicted molar refractivity (Wildman–Crippen MR) is 96.6 cm³/mol. The lowest BCUT2D eigenvalue weighted by Crippen LogP contribution is -2.27. The van der Waals surface area contributed by atoms with Crippen LogP contribution in [0.4, 0.5) is 0 Å². The van der Waals surface area contributed by atoms with Crippen LogP contribution >= 0.6 is 0 Å². The van der Waals surface area contributed by atoms with Crippen LogP contribution in [0, 0.1) is 0 Å². The maximum atomic E-state index is 12.7. The number of carbonyl (C=O) groups is 1. The van der Waals surface area contributed by atoms with Crippen molar-refractivity contribution in [3.8, 4) is 11.5 Å². The summed E-state index contributed by atoms with van der Waals surface area (Å²) in [5.41, 5.74) is 3.35. The Hall–Kier alpha value is -2.54. The highest BCUT2D eigenvalue weighted by molar-refractivity contribution is 5.94. The van der Waals surface area contributed by atoms with Crippen LogP contribution in [0.1, 0.15) is 47.3 Å². The first-order valence-corrected chi connectivity index (χ1v) is 8.65. The lowest BCUT2D eigenvalue weighted by molar-refractivity contribution is -0.00903. The monoisotopic (exact) mass is 359 g/mol. The zero-order valence-corrected chi connectivity index (χ0v) is 15.8. The maximum absolute atomic E-state index is 12.7. The number of methoxy groups -OCH3 is 2. The van der Waals surface area contributed by atoms with Crippen molar-refractivity contribution >= 4 is 5.91 Å². The molecule has 1 aromatic carbocycles. The second kappa shape index (κ2) is 7.37. The first-order chi connectivity index (χ1) is 12.4. The van der Waals surface area contributed by atoms with Gasteiger partial charge in [-0.25, -0.2) is 0 Å². The Bertz CT molecular complexity index is 815. The average molecular weight is 359 g/mol. The van der Waals surface area contributed by atoms with Crippen LogP contribution in [0.5, 0.6) is 11.5 Å². The van der Waals surface area contributed by atoms with Crippen molar-refractivity contribution in [2.45, 2.75) is 39.0 Å². The van der Waals surface area contributed by atoms with Crippen LogP contribution < -0.4 is 14.8 Å². The minimum atomic E-state index is -0.182. The number of hydrogen-bond acceptors (Lipinski definition) is 5. The molecule has 1 amide bonds. The Morgan fingerprint density at radius 1 is 1.31 bits per heavy atom. The summed E-state index contributed by atoms with van der Waals surface area (Å²) < 4.78 is 18.1. The van der Waals surface area contributed by atoms with Crippen molar-refractivity contribution in [1.82, 2.24) is 15.1 Å². The van der Waals surface area contributed by atoms with Gasteiger partial charge in [0.1, 0.15) is 0 Å². The fraction of sp³-hybridized carbons (Fsp3) is 0.474. The van der Waals surface area contributed by atoms with Gasteiger partial charge in [0.2, 0.25) is 0 Å². The number of amides is 1. The minimum Gasteiger partial charge on any atom is -0.493 e. The molecule has 0 radical (unpaired) electrons. The molecule has 7 heteroatoms. The summed E-state index contributed by atoms with van der Waals surface area (Å²) in [6.07, 6.45) is 0.685. The van der Waals surface area contributed by atoms with Crippen molar-refractivity contribution in [2.24, 2.45) is 7.05 Å². The Labute approximate surface area is 153 Å². The van der Waals surface area contributed by atoms with Gasteiger partial charge in [-0.15, -0.1) is 0 Å². The summed E-state index contributed by atoms with van der Waals surface area (Å²) in [5.74, 6) is 1.11. The number of rotatable bonds is 5. The molecule has 1 aliphatic rings. The number of nitrogens with one attached hydrogen (secondary N) is 1. The molecule has 1 N–H and O–H groups in total. The van der Waals surface area contributed by atoms with Gasteiger partial charge < -0.3 is 19.5 Å². The average Bonchev–Trinajstić information content (AvgIpc) is 2.96. The van der Waals surface area contributed by atoms with Gasteiger partial charge in [0, 0.05) is 25.6 Å². The van der Waals surface area contributed by atoms with E-state index < -0.39 is 0 Å². The van der Waals surface area contributed by atoms with E-state index in [4.69, 9.17) is 14.2 Å². The normalized spacial score (nSPS) is 19.0. The third-order valence-electron chi connectivity index (χ3n) is 4.62. The van der Waals surface area contributed by atoms with E-state index in [0.717, 1.165) is 16.8 Å². The lowest BCUT2D eigenvalue weighted by Gasteiger charge is -2.26. The molecule has 26 heavy (non-hydrogen) atoms. The molecule has 0 unspecified atom stereocenters. The molecule has 1 aliphatic heterocycles. The summed E-state index contributed by atoms with van der Waals surface area (Å²) in [6, 6.07) is 5.57. The van der Waals surface area contributed by atoms with E-state index in [0.29, 0.717) is 30.2 Å². The van der Waals surface area contributed by atoms with E-state index in [2.05, 4.69) is 10.4 Å². The van der Waals surface area contributed by atoms with Gasteiger partial charge in [-0.05, 0) is 31.5 Å². The molecular formula is C19H25N3O4. The van der Waals surface area contributed by atoms with E-state index in [1.54, 1.807) is 18.9 Å². The standard InChI is InChI=1S/C19H25N3O4/c1-11-8-14-17(21-22(3)18(14)12(2)26-11)19(23)20-10-13-6-7-15(24-4)16(9-13)25-5/h6-7,9,11-12H,8,10H2,1-5H3,(H,20,23)/t11-,12+/m0/s1. The fourth-order valence-corrected chi connectivity index (χ4v) is 3.48. The molecule has 2 atom stereocenters. The Kier molecular flexibility index (Phi) is 5.18. The first kappa shape index (κ1) is 18.3. The number of carbonyl (C=O) groups excluding carboxylic acids is 1. The topological polar surface area (TPSA) is 74.6 Å². The molecular weight excluding hydrogens is 334 g/mol. The van der Waals surface area contributed by atoms with E-state index in [1.807, 2.05) is 39.1 Å². The quantitative estimate of drug-likeness (QED) is 0.887. The highest BCUT2D eigenvalue weighted by Crippen LogP contribution is 2.32. The zero-order valence-electron chi connectivity index (χ0n) is 15.8. The van der Waals surface area contributed by atoms with Crippen LogP contribution in [0.2, 0.25) is 0 Å². The van der Waals surface area contributed by atoms with Gasteiger partial charge in [0.05, 0.1) is 32.1 Å². The van der Waals surface area contributed by atoms with E-state index in [9.17, 15) is 4.79 Å². The third-order valence-corrected chi connectivity index (χ3v) is 4.62. The van der Waals surface area contributed by atoms with E-state index in [-0.39, 0.29) is 18.1 Å². The van der Waals surface area contributed by atoms with Gasteiger partial charge in [-0.3, -0.25) is 9.48 Å².